The van der Waals surface area contributed by atoms with Crippen molar-refractivity contribution in [3.05, 3.63) is 53.6 Å². The van der Waals surface area contributed by atoms with Crippen LogP contribution in [0.25, 0.3) is 22.9 Å². The molecule has 0 aliphatic carbocycles. The Kier molecular flexibility index (Phi) is 13.8. The quantitative estimate of drug-likeness (QED) is 0.604. The molecule has 2 aromatic carbocycles. The number of phenolic OH excluding ortho intramolecular Hbond substituents is 1. The van der Waals surface area contributed by atoms with Gasteiger partial charge in [0.1, 0.15) is 5.75 Å². The number of aromatic hydroxyl groups is 1. The number of fused-ring (bicyclic) bond motifs is 1. The molecule has 0 heterocycles. The molecule has 0 amide bonds. The average Bonchev–Trinajstić information content (AvgIpc) is 2.65. The number of rotatable bonds is 2. The van der Waals surface area contributed by atoms with Gasteiger partial charge in [0.2, 0.25) is 0 Å². The Balaban J connectivity index is 0. The smallest absolute Gasteiger partial charge is 0.131 e. The van der Waals surface area contributed by atoms with E-state index in [0.717, 1.165) is 21.9 Å². The third-order valence-corrected chi connectivity index (χ3v) is 3.07. The molecule has 0 bridgehead atoms. The van der Waals surface area contributed by atoms with Crippen molar-refractivity contribution >= 4 is 22.9 Å². The molecule has 1 N–H and O–H groups in total. The second-order valence-corrected chi connectivity index (χ2v) is 4.05. The second-order valence-electron chi connectivity index (χ2n) is 4.05. The summed E-state index contributed by atoms with van der Waals surface area (Å²) in [5.74, 6) is 0.314. The molecule has 1 heteroatoms. The number of benzene rings is 2. The molecule has 2 rings (SSSR count). The van der Waals surface area contributed by atoms with E-state index in [2.05, 4.69) is 13.5 Å². The van der Waals surface area contributed by atoms with E-state index < -0.39 is 0 Å². The van der Waals surface area contributed by atoms with Crippen molar-refractivity contribution in [1.29, 1.82) is 0 Å². The van der Waals surface area contributed by atoms with Gasteiger partial charge in [0.05, 0.1) is 0 Å². The number of hydrogen-bond donors (Lipinski definition) is 1. The lowest BCUT2D eigenvalue weighted by atomic mass is 9.93. The molecule has 0 aromatic heterocycles. The maximum Gasteiger partial charge on any atom is 0.131 e. The van der Waals surface area contributed by atoms with Gasteiger partial charge < -0.3 is 5.11 Å². The third-order valence-electron chi connectivity index (χ3n) is 3.07. The Morgan fingerprint density at radius 3 is 1.78 bits per heavy atom. The van der Waals surface area contributed by atoms with Crippen molar-refractivity contribution in [2.45, 2.75) is 55.4 Å². The van der Waals surface area contributed by atoms with Crippen molar-refractivity contribution < 1.29 is 5.11 Å². The zero-order valence-electron chi connectivity index (χ0n) is 16.2. The van der Waals surface area contributed by atoms with Crippen LogP contribution in [-0.2, 0) is 0 Å². The standard InChI is InChI=1S/C16H16O.3C2H6/c1-4-8-13-11(3)14-9-6-7-10-15(14)16(17)12(13)5-2;3*1-2/h4-10,17H,2H2,1,3H3;3*1-2H3/b8-4-;;;. The molecule has 0 unspecified atom stereocenters. The molecule has 0 fully saturated rings. The highest BCUT2D eigenvalue weighted by molar-refractivity contribution is 5.97. The van der Waals surface area contributed by atoms with E-state index in [0.29, 0.717) is 5.75 Å². The molecule has 0 radical (unpaired) electrons. The summed E-state index contributed by atoms with van der Waals surface area (Å²) in [7, 11) is 0. The molecular weight excluding hydrogens is 280 g/mol. The first-order chi connectivity index (χ1) is 11.2. The van der Waals surface area contributed by atoms with Crippen LogP contribution in [0.2, 0.25) is 0 Å². The van der Waals surface area contributed by atoms with E-state index in [1.54, 1.807) is 6.08 Å². The highest BCUT2D eigenvalue weighted by Gasteiger charge is 2.12. The van der Waals surface area contributed by atoms with E-state index in [9.17, 15) is 5.11 Å². The zero-order chi connectivity index (χ0) is 18.4. The van der Waals surface area contributed by atoms with Gasteiger partial charge in [0, 0.05) is 10.9 Å². The Morgan fingerprint density at radius 2 is 1.35 bits per heavy atom. The van der Waals surface area contributed by atoms with Crippen LogP contribution in [0, 0.1) is 6.92 Å². The molecule has 23 heavy (non-hydrogen) atoms. The summed E-state index contributed by atoms with van der Waals surface area (Å²) in [6.07, 6.45) is 5.70. The maximum atomic E-state index is 10.3. The molecule has 0 spiro atoms. The molecule has 0 aliphatic heterocycles. The lowest BCUT2D eigenvalue weighted by Crippen LogP contribution is -1.90. The summed E-state index contributed by atoms with van der Waals surface area (Å²) in [5.41, 5.74) is 3.02. The van der Waals surface area contributed by atoms with Crippen LogP contribution in [0.15, 0.2) is 36.9 Å². The van der Waals surface area contributed by atoms with E-state index in [1.165, 1.54) is 5.56 Å². The van der Waals surface area contributed by atoms with Crippen LogP contribution >= 0.6 is 0 Å². The highest BCUT2D eigenvalue weighted by Crippen LogP contribution is 2.36. The van der Waals surface area contributed by atoms with E-state index in [4.69, 9.17) is 0 Å². The minimum absolute atomic E-state index is 0.314. The summed E-state index contributed by atoms with van der Waals surface area (Å²) in [5, 5.41) is 12.2. The van der Waals surface area contributed by atoms with Crippen molar-refractivity contribution in [2.75, 3.05) is 0 Å². The Labute approximate surface area is 143 Å². The van der Waals surface area contributed by atoms with Crippen LogP contribution < -0.4 is 0 Å². The minimum Gasteiger partial charge on any atom is -0.507 e. The van der Waals surface area contributed by atoms with Crippen LogP contribution in [0.3, 0.4) is 0 Å². The number of aryl methyl sites for hydroxylation is 1. The normalized spacial score (nSPS) is 9.04. The monoisotopic (exact) mass is 314 g/mol. The zero-order valence-corrected chi connectivity index (χ0v) is 16.2. The Bertz CT molecular complexity index is 607. The first kappa shape index (κ1) is 23.2. The predicted molar refractivity (Wildman–Crippen MR) is 109 cm³/mol. The maximum absolute atomic E-state index is 10.3. The van der Waals surface area contributed by atoms with E-state index >= 15 is 0 Å². The Morgan fingerprint density at radius 1 is 0.870 bits per heavy atom. The van der Waals surface area contributed by atoms with Gasteiger partial charge in [0.25, 0.3) is 0 Å². The van der Waals surface area contributed by atoms with Crippen LogP contribution in [-0.4, -0.2) is 5.11 Å². The fourth-order valence-electron chi connectivity index (χ4n) is 2.22. The summed E-state index contributed by atoms with van der Waals surface area (Å²) >= 11 is 0. The first-order valence-corrected chi connectivity index (χ1v) is 8.70. The van der Waals surface area contributed by atoms with Gasteiger partial charge in [-0.05, 0) is 30.4 Å². The molecular formula is C22H34O. The molecule has 0 aliphatic rings. The third kappa shape index (κ3) is 5.59. The summed E-state index contributed by atoms with van der Waals surface area (Å²) in [6.45, 7) is 19.8. The van der Waals surface area contributed by atoms with E-state index in [-0.39, 0.29) is 0 Å². The topological polar surface area (TPSA) is 20.2 Å². The molecule has 0 saturated heterocycles. The Hall–Kier alpha value is -2.02. The SMILES string of the molecule is C=Cc1c(/C=C\C)c(C)c2ccccc2c1O.CC.CC.CC. The van der Waals surface area contributed by atoms with E-state index in [1.807, 2.05) is 84.9 Å². The fourth-order valence-corrected chi connectivity index (χ4v) is 2.22. The van der Waals surface area contributed by atoms with Gasteiger partial charge in [-0.25, -0.2) is 0 Å². The van der Waals surface area contributed by atoms with Crippen molar-refractivity contribution in [1.82, 2.24) is 0 Å². The van der Waals surface area contributed by atoms with Gasteiger partial charge in [-0.1, -0.05) is 90.6 Å². The summed E-state index contributed by atoms with van der Waals surface area (Å²) in [4.78, 5) is 0. The largest absolute Gasteiger partial charge is 0.507 e. The molecule has 1 nitrogen and oxygen atoms in total. The van der Waals surface area contributed by atoms with Gasteiger partial charge in [-0.15, -0.1) is 0 Å². The molecule has 0 atom stereocenters. The lowest BCUT2D eigenvalue weighted by molar-refractivity contribution is 0.480. The average molecular weight is 315 g/mol. The van der Waals surface area contributed by atoms with Crippen molar-refractivity contribution in [2.24, 2.45) is 0 Å². The van der Waals surface area contributed by atoms with Crippen molar-refractivity contribution in [3.8, 4) is 5.75 Å². The predicted octanol–water partition coefficient (Wildman–Crippen LogP) is 7.61. The second kappa shape index (κ2) is 13.6. The molecule has 128 valence electrons. The van der Waals surface area contributed by atoms with Gasteiger partial charge in [-0.2, -0.15) is 0 Å². The van der Waals surface area contributed by atoms with Crippen molar-refractivity contribution in [3.63, 3.8) is 0 Å². The molecule has 0 saturated carbocycles. The number of allylic oxidation sites excluding steroid dienone is 1. The lowest BCUT2D eigenvalue weighted by Gasteiger charge is -2.13. The highest BCUT2D eigenvalue weighted by atomic mass is 16.3. The first-order valence-electron chi connectivity index (χ1n) is 8.70. The summed E-state index contributed by atoms with van der Waals surface area (Å²) in [6, 6.07) is 7.89. The molecule has 2 aromatic rings. The number of hydrogen-bond acceptors (Lipinski definition) is 1. The minimum atomic E-state index is 0.314. The van der Waals surface area contributed by atoms with Gasteiger partial charge >= 0.3 is 0 Å². The van der Waals surface area contributed by atoms with Crippen LogP contribution in [0.1, 0.15) is 65.2 Å². The van der Waals surface area contributed by atoms with Gasteiger partial charge in [0.15, 0.2) is 0 Å². The van der Waals surface area contributed by atoms with Gasteiger partial charge in [-0.3, -0.25) is 0 Å². The fraction of sp³-hybridized carbons (Fsp3) is 0.364. The number of phenols is 1. The van der Waals surface area contributed by atoms with Crippen LogP contribution in [0.5, 0.6) is 5.75 Å². The van der Waals surface area contributed by atoms with Crippen LogP contribution in [0.4, 0.5) is 0 Å². The summed E-state index contributed by atoms with van der Waals surface area (Å²) < 4.78 is 0.